The van der Waals surface area contributed by atoms with Crippen molar-refractivity contribution in [3.63, 3.8) is 0 Å². The highest BCUT2D eigenvalue weighted by Gasteiger charge is 2.40. The van der Waals surface area contributed by atoms with E-state index in [2.05, 4.69) is 5.32 Å². The molecule has 3 N–H and O–H groups in total. The lowest BCUT2D eigenvalue weighted by atomic mass is 9.77. The molecule has 1 amide bonds. The molecule has 0 unspecified atom stereocenters. The van der Waals surface area contributed by atoms with Crippen LogP contribution >= 0.6 is 0 Å². The summed E-state index contributed by atoms with van der Waals surface area (Å²) in [6.07, 6.45) is 2.39. The zero-order valence-corrected chi connectivity index (χ0v) is 10.9. The topological polar surface area (TPSA) is 81.4 Å². The maximum Gasteiger partial charge on any atom is 0.338 e. The van der Waals surface area contributed by atoms with Gasteiger partial charge in [0.1, 0.15) is 0 Å². The molecule has 1 saturated carbocycles. The summed E-state index contributed by atoms with van der Waals surface area (Å²) in [7, 11) is 0. The Morgan fingerprint density at radius 1 is 1.42 bits per heavy atom. The van der Waals surface area contributed by atoms with Crippen LogP contribution < -0.4 is 11.1 Å². The average Bonchev–Trinajstić information content (AvgIpc) is 2.36. The van der Waals surface area contributed by atoms with Crippen LogP contribution in [0.3, 0.4) is 0 Å². The van der Waals surface area contributed by atoms with Gasteiger partial charge in [0.25, 0.3) is 0 Å². The summed E-state index contributed by atoms with van der Waals surface area (Å²) in [6, 6.07) is 6.67. The van der Waals surface area contributed by atoms with Gasteiger partial charge in [-0.2, -0.15) is 0 Å². The van der Waals surface area contributed by atoms with Crippen molar-refractivity contribution in [1.82, 2.24) is 0 Å². The third kappa shape index (κ3) is 2.93. The number of anilines is 1. The van der Waals surface area contributed by atoms with Crippen molar-refractivity contribution in [3.05, 3.63) is 29.8 Å². The van der Waals surface area contributed by atoms with Crippen LogP contribution in [-0.4, -0.2) is 24.0 Å². The van der Waals surface area contributed by atoms with E-state index in [1.165, 1.54) is 0 Å². The first-order valence-electron chi connectivity index (χ1n) is 6.43. The molecule has 0 heterocycles. The number of nitrogens with one attached hydrogen (secondary N) is 1. The lowest BCUT2D eigenvalue weighted by molar-refractivity contribution is -0.123. The Morgan fingerprint density at radius 2 is 2.16 bits per heavy atom. The fraction of sp³-hybridized carbons (Fsp3) is 0.429. The van der Waals surface area contributed by atoms with Crippen LogP contribution in [0.5, 0.6) is 0 Å². The number of ether oxygens (including phenoxy) is 1. The number of rotatable bonds is 4. The van der Waals surface area contributed by atoms with Crippen molar-refractivity contribution in [2.45, 2.75) is 31.7 Å². The van der Waals surface area contributed by atoms with E-state index in [9.17, 15) is 9.59 Å². The van der Waals surface area contributed by atoms with E-state index in [-0.39, 0.29) is 5.91 Å². The maximum absolute atomic E-state index is 12.0. The van der Waals surface area contributed by atoms with Crippen molar-refractivity contribution in [3.8, 4) is 0 Å². The van der Waals surface area contributed by atoms with Crippen molar-refractivity contribution in [2.24, 2.45) is 5.73 Å². The van der Waals surface area contributed by atoms with Gasteiger partial charge in [0.05, 0.1) is 17.7 Å². The lowest BCUT2D eigenvalue weighted by Gasteiger charge is -2.36. The Labute approximate surface area is 112 Å². The van der Waals surface area contributed by atoms with Crippen LogP contribution in [0, 0.1) is 0 Å². The standard InChI is InChI=1S/C14H18N2O3/c1-2-19-12(17)10-5-3-6-11(9-10)16-13(18)14(15)7-4-8-14/h3,5-6,9H,2,4,7-8,15H2,1H3,(H,16,18). The molecule has 102 valence electrons. The molecule has 1 aromatic rings. The lowest BCUT2D eigenvalue weighted by Crippen LogP contribution is -2.56. The predicted octanol–water partition coefficient (Wildman–Crippen LogP) is 1.68. The fourth-order valence-electron chi connectivity index (χ4n) is 1.98. The fourth-order valence-corrected chi connectivity index (χ4v) is 1.98. The first kappa shape index (κ1) is 13.5. The summed E-state index contributed by atoms with van der Waals surface area (Å²) in [4.78, 5) is 23.6. The molecular formula is C14H18N2O3. The summed E-state index contributed by atoms with van der Waals surface area (Å²) in [5, 5.41) is 2.75. The van der Waals surface area contributed by atoms with Gasteiger partial charge in [-0.3, -0.25) is 4.79 Å². The van der Waals surface area contributed by atoms with Gasteiger partial charge < -0.3 is 15.8 Å². The van der Waals surface area contributed by atoms with Gasteiger partial charge in [-0.25, -0.2) is 4.79 Å². The van der Waals surface area contributed by atoms with E-state index in [1.54, 1.807) is 31.2 Å². The van der Waals surface area contributed by atoms with Crippen LogP contribution in [0.4, 0.5) is 5.69 Å². The number of esters is 1. The minimum atomic E-state index is -0.750. The van der Waals surface area contributed by atoms with Gasteiger partial charge >= 0.3 is 5.97 Å². The minimum Gasteiger partial charge on any atom is -0.462 e. The van der Waals surface area contributed by atoms with Gasteiger partial charge in [-0.05, 0) is 44.4 Å². The van der Waals surface area contributed by atoms with E-state index >= 15 is 0 Å². The van der Waals surface area contributed by atoms with Gasteiger partial charge in [0.2, 0.25) is 5.91 Å². The van der Waals surface area contributed by atoms with Gasteiger partial charge in [0, 0.05) is 5.69 Å². The smallest absolute Gasteiger partial charge is 0.338 e. The first-order valence-corrected chi connectivity index (χ1v) is 6.43. The number of hydrogen-bond acceptors (Lipinski definition) is 4. The Hall–Kier alpha value is -1.88. The van der Waals surface area contributed by atoms with E-state index in [0.29, 0.717) is 30.7 Å². The maximum atomic E-state index is 12.0. The van der Waals surface area contributed by atoms with Crippen molar-refractivity contribution in [2.75, 3.05) is 11.9 Å². The molecule has 0 bridgehead atoms. The summed E-state index contributed by atoms with van der Waals surface area (Å²) in [5.74, 6) is -0.593. The van der Waals surface area contributed by atoms with Crippen molar-refractivity contribution < 1.29 is 14.3 Å². The van der Waals surface area contributed by atoms with Crippen LogP contribution in [0.15, 0.2) is 24.3 Å². The summed E-state index contributed by atoms with van der Waals surface area (Å²) in [5.41, 5.74) is 6.16. The summed E-state index contributed by atoms with van der Waals surface area (Å²) < 4.78 is 4.91. The number of amides is 1. The molecular weight excluding hydrogens is 244 g/mol. The largest absolute Gasteiger partial charge is 0.462 e. The molecule has 0 atom stereocenters. The monoisotopic (exact) mass is 262 g/mol. The van der Waals surface area contributed by atoms with Gasteiger partial charge in [-0.15, -0.1) is 0 Å². The van der Waals surface area contributed by atoms with E-state index < -0.39 is 11.5 Å². The second-order valence-corrected chi connectivity index (χ2v) is 4.77. The number of benzene rings is 1. The van der Waals surface area contributed by atoms with Gasteiger partial charge in [0.15, 0.2) is 0 Å². The molecule has 5 nitrogen and oxygen atoms in total. The zero-order chi connectivity index (χ0) is 13.9. The quantitative estimate of drug-likeness (QED) is 0.809. The molecule has 0 saturated heterocycles. The third-order valence-electron chi connectivity index (χ3n) is 3.33. The van der Waals surface area contributed by atoms with E-state index in [0.717, 1.165) is 6.42 Å². The second-order valence-electron chi connectivity index (χ2n) is 4.77. The SMILES string of the molecule is CCOC(=O)c1cccc(NC(=O)C2(N)CCC2)c1. The Balaban J connectivity index is 2.06. The predicted molar refractivity (Wildman–Crippen MR) is 71.8 cm³/mol. The highest BCUT2D eigenvalue weighted by molar-refractivity contribution is 5.99. The number of hydrogen-bond donors (Lipinski definition) is 2. The highest BCUT2D eigenvalue weighted by atomic mass is 16.5. The normalized spacial score (nSPS) is 16.3. The van der Waals surface area contributed by atoms with E-state index in [1.807, 2.05) is 0 Å². The van der Waals surface area contributed by atoms with Crippen molar-refractivity contribution in [1.29, 1.82) is 0 Å². The molecule has 1 fully saturated rings. The van der Waals surface area contributed by atoms with Crippen LogP contribution in [0.25, 0.3) is 0 Å². The number of nitrogens with two attached hydrogens (primary N) is 1. The average molecular weight is 262 g/mol. The van der Waals surface area contributed by atoms with Gasteiger partial charge in [-0.1, -0.05) is 6.07 Å². The Kier molecular flexibility index (Phi) is 3.85. The van der Waals surface area contributed by atoms with Crippen LogP contribution in [0.1, 0.15) is 36.5 Å². The number of carbonyl (C=O) groups is 2. The Bertz CT molecular complexity index is 495. The molecule has 1 aliphatic carbocycles. The molecule has 0 aliphatic heterocycles. The molecule has 2 rings (SSSR count). The Morgan fingerprint density at radius 3 is 2.74 bits per heavy atom. The highest BCUT2D eigenvalue weighted by Crippen LogP contribution is 2.30. The van der Waals surface area contributed by atoms with Crippen LogP contribution in [-0.2, 0) is 9.53 Å². The third-order valence-corrected chi connectivity index (χ3v) is 3.33. The molecule has 5 heteroatoms. The number of carbonyl (C=O) groups excluding carboxylic acids is 2. The first-order chi connectivity index (χ1) is 9.05. The molecule has 0 radical (unpaired) electrons. The molecule has 19 heavy (non-hydrogen) atoms. The summed E-state index contributed by atoms with van der Waals surface area (Å²) in [6.45, 7) is 2.07. The van der Waals surface area contributed by atoms with Crippen LogP contribution in [0.2, 0.25) is 0 Å². The minimum absolute atomic E-state index is 0.195. The molecule has 1 aromatic carbocycles. The molecule has 0 spiro atoms. The molecule has 1 aliphatic rings. The zero-order valence-electron chi connectivity index (χ0n) is 10.9. The van der Waals surface area contributed by atoms with Crippen molar-refractivity contribution >= 4 is 17.6 Å². The second kappa shape index (κ2) is 5.40. The van der Waals surface area contributed by atoms with E-state index in [4.69, 9.17) is 10.5 Å². The molecule has 0 aromatic heterocycles. The summed E-state index contributed by atoms with van der Waals surface area (Å²) >= 11 is 0.